The Morgan fingerprint density at radius 3 is 2.10 bits per heavy atom. The van der Waals surface area contributed by atoms with Crippen LogP contribution in [0.1, 0.15) is 47.3 Å². The second kappa shape index (κ2) is 9.70. The number of likely N-dealkylation sites (N-methyl/N-ethyl adjacent to an activating group) is 1. The van der Waals surface area contributed by atoms with Crippen molar-refractivity contribution in [3.63, 3.8) is 0 Å². The molecular formula is C36H32ClNO. The van der Waals surface area contributed by atoms with Crippen molar-refractivity contribution in [3.05, 3.63) is 149 Å². The molecule has 4 aromatic carbocycles. The highest BCUT2D eigenvalue weighted by atomic mass is 35.5. The highest BCUT2D eigenvalue weighted by Gasteiger charge is 2.63. The van der Waals surface area contributed by atoms with Gasteiger partial charge in [0.1, 0.15) is 0 Å². The average molecular weight is 530 g/mol. The largest absolute Gasteiger partial charge is 0.363 e. The van der Waals surface area contributed by atoms with E-state index >= 15 is 0 Å². The van der Waals surface area contributed by atoms with Gasteiger partial charge in [-0.1, -0.05) is 116 Å². The van der Waals surface area contributed by atoms with Gasteiger partial charge in [0.15, 0.2) is 5.78 Å². The maximum atomic E-state index is 14.8. The number of Topliss-reactive ketones (excluding diaryl/α,β-unsaturated/α-hetero) is 1. The lowest BCUT2D eigenvalue weighted by atomic mass is 9.55. The molecule has 0 amide bonds. The van der Waals surface area contributed by atoms with Crippen LogP contribution in [-0.4, -0.2) is 18.4 Å². The number of hydrogen-bond donors (Lipinski definition) is 0. The molecule has 194 valence electrons. The van der Waals surface area contributed by atoms with Gasteiger partial charge in [-0.15, -0.1) is 0 Å². The Hall–Kier alpha value is -3.88. The smallest absolute Gasteiger partial charge is 0.173 e. The van der Waals surface area contributed by atoms with Crippen LogP contribution in [0.15, 0.2) is 121 Å². The van der Waals surface area contributed by atoms with Crippen LogP contribution in [-0.2, 0) is 5.41 Å². The molecule has 0 radical (unpaired) electrons. The molecule has 4 aromatic rings. The van der Waals surface area contributed by atoms with Crippen LogP contribution >= 0.6 is 11.6 Å². The number of para-hydroxylation sites is 1. The van der Waals surface area contributed by atoms with Crippen LogP contribution in [0.2, 0.25) is 5.02 Å². The quantitative estimate of drug-likeness (QED) is 0.240. The normalized spacial score (nSPS) is 23.8. The van der Waals surface area contributed by atoms with Crippen molar-refractivity contribution in [1.82, 2.24) is 0 Å². The molecule has 0 bridgehead atoms. The average Bonchev–Trinajstić information content (AvgIpc) is 3.17. The number of benzene rings is 4. The first-order valence-corrected chi connectivity index (χ1v) is 14.0. The fourth-order valence-electron chi connectivity index (χ4n) is 6.91. The van der Waals surface area contributed by atoms with E-state index in [2.05, 4.69) is 86.5 Å². The van der Waals surface area contributed by atoms with Gasteiger partial charge in [0, 0.05) is 28.7 Å². The molecule has 1 aliphatic heterocycles. The highest BCUT2D eigenvalue weighted by molar-refractivity contribution is 6.30. The summed E-state index contributed by atoms with van der Waals surface area (Å²) in [5.41, 5.74) is 6.48. The minimum atomic E-state index is -0.646. The van der Waals surface area contributed by atoms with Crippen LogP contribution < -0.4 is 4.90 Å². The maximum Gasteiger partial charge on any atom is 0.173 e. The molecule has 39 heavy (non-hydrogen) atoms. The number of halogens is 1. The highest BCUT2D eigenvalue weighted by Crippen LogP contribution is 2.61. The lowest BCUT2D eigenvalue weighted by Gasteiger charge is -2.53. The van der Waals surface area contributed by atoms with Crippen LogP contribution in [0.3, 0.4) is 0 Å². The van der Waals surface area contributed by atoms with Crippen LogP contribution in [0.5, 0.6) is 0 Å². The number of rotatable bonds is 5. The predicted octanol–water partition coefficient (Wildman–Crippen LogP) is 8.88. The molecular weight excluding hydrogens is 498 g/mol. The number of carbonyl (C=O) groups excluding carboxylic acids is 1. The first-order chi connectivity index (χ1) is 18.9. The van der Waals surface area contributed by atoms with Crippen molar-refractivity contribution in [2.24, 2.45) is 5.92 Å². The Balaban J connectivity index is 1.70. The fourth-order valence-corrected chi connectivity index (χ4v) is 7.04. The number of carbonyl (C=O) groups is 1. The minimum absolute atomic E-state index is 0.125. The molecule has 0 N–H and O–H groups in total. The number of ketones is 1. The number of anilines is 1. The van der Waals surface area contributed by atoms with E-state index in [-0.39, 0.29) is 11.2 Å². The van der Waals surface area contributed by atoms with Crippen molar-refractivity contribution in [1.29, 1.82) is 0 Å². The van der Waals surface area contributed by atoms with Gasteiger partial charge in [-0.2, -0.15) is 0 Å². The van der Waals surface area contributed by atoms with Crippen molar-refractivity contribution in [3.8, 4) is 0 Å². The summed E-state index contributed by atoms with van der Waals surface area (Å²) in [5.74, 6) is -0.324. The van der Waals surface area contributed by atoms with E-state index in [0.717, 1.165) is 34.3 Å². The summed E-state index contributed by atoms with van der Waals surface area (Å²) >= 11 is 6.34. The molecule has 0 saturated carbocycles. The summed E-state index contributed by atoms with van der Waals surface area (Å²) in [6, 6.07) is 36.8. The number of nitrogens with zero attached hydrogens (tertiary/aromatic N) is 1. The molecule has 2 aliphatic rings. The second-order valence-corrected chi connectivity index (χ2v) is 11.3. The number of fused-ring (bicyclic) bond motifs is 1. The minimum Gasteiger partial charge on any atom is -0.363 e. The number of hydrogen-bond acceptors (Lipinski definition) is 2. The molecule has 1 aliphatic carbocycles. The molecule has 2 nitrogen and oxygen atoms in total. The van der Waals surface area contributed by atoms with E-state index in [4.69, 9.17) is 11.6 Å². The van der Waals surface area contributed by atoms with E-state index in [1.807, 2.05) is 60.7 Å². The zero-order valence-electron chi connectivity index (χ0n) is 22.6. The van der Waals surface area contributed by atoms with Gasteiger partial charge in [0.2, 0.25) is 0 Å². The van der Waals surface area contributed by atoms with Crippen molar-refractivity contribution in [2.75, 3.05) is 11.9 Å². The van der Waals surface area contributed by atoms with Crippen molar-refractivity contribution >= 4 is 34.2 Å². The van der Waals surface area contributed by atoms with Crippen LogP contribution in [0.25, 0.3) is 11.1 Å². The molecule has 1 spiro atoms. The van der Waals surface area contributed by atoms with Gasteiger partial charge < -0.3 is 4.90 Å². The summed E-state index contributed by atoms with van der Waals surface area (Å²) in [6.07, 6.45) is 5.48. The first kappa shape index (κ1) is 25.4. The molecule has 6 rings (SSSR count). The fraction of sp³-hybridized carbons (Fsp3) is 0.194. The standard InChI is InChI=1S/C36H32ClNO/c1-4-35(2)31-17-11-12-18-32(31)38(3)36(35)24-28(25-13-7-5-8-14-25)23-30(26-19-21-29(37)22-20-26)33(36)34(39)27-15-9-6-10-16-27/h5-24,33H,4H2,1-3H3/t33-,35+,36-/m0/s1. The topological polar surface area (TPSA) is 20.3 Å². The van der Waals surface area contributed by atoms with Crippen molar-refractivity contribution in [2.45, 2.75) is 31.2 Å². The zero-order valence-corrected chi connectivity index (χ0v) is 23.3. The molecule has 0 aromatic heterocycles. The molecule has 0 saturated heterocycles. The Kier molecular flexibility index (Phi) is 6.32. The van der Waals surface area contributed by atoms with Crippen LogP contribution in [0, 0.1) is 5.92 Å². The van der Waals surface area contributed by atoms with Gasteiger partial charge in [0.25, 0.3) is 0 Å². The van der Waals surface area contributed by atoms with E-state index in [1.54, 1.807) is 0 Å². The molecule has 0 fully saturated rings. The third-order valence-electron chi connectivity index (χ3n) is 9.05. The Bertz CT molecular complexity index is 1590. The Labute approximate surface area is 236 Å². The molecule has 3 heteroatoms. The van der Waals surface area contributed by atoms with Gasteiger partial charge in [0.05, 0.1) is 11.5 Å². The summed E-state index contributed by atoms with van der Waals surface area (Å²) < 4.78 is 0. The van der Waals surface area contributed by atoms with Gasteiger partial charge in [-0.25, -0.2) is 0 Å². The van der Waals surface area contributed by atoms with E-state index in [1.165, 1.54) is 11.3 Å². The summed E-state index contributed by atoms with van der Waals surface area (Å²) in [5, 5.41) is 0.679. The van der Waals surface area contributed by atoms with E-state index < -0.39 is 11.5 Å². The lowest BCUT2D eigenvalue weighted by Crippen LogP contribution is -2.62. The summed E-state index contributed by atoms with van der Waals surface area (Å²) in [6.45, 7) is 4.59. The zero-order chi connectivity index (χ0) is 27.2. The third kappa shape index (κ3) is 3.81. The Morgan fingerprint density at radius 1 is 0.821 bits per heavy atom. The Morgan fingerprint density at radius 2 is 1.44 bits per heavy atom. The third-order valence-corrected chi connectivity index (χ3v) is 9.30. The molecule has 3 atom stereocenters. The van der Waals surface area contributed by atoms with Gasteiger partial charge in [-0.05, 0) is 64.6 Å². The number of allylic oxidation sites excluding steroid dienone is 2. The van der Waals surface area contributed by atoms with Crippen molar-refractivity contribution < 1.29 is 4.79 Å². The van der Waals surface area contributed by atoms with E-state index in [0.29, 0.717) is 5.02 Å². The van der Waals surface area contributed by atoms with Crippen LogP contribution in [0.4, 0.5) is 5.69 Å². The second-order valence-electron chi connectivity index (χ2n) is 10.8. The summed E-state index contributed by atoms with van der Waals surface area (Å²) in [4.78, 5) is 17.2. The molecule has 1 heterocycles. The van der Waals surface area contributed by atoms with Gasteiger partial charge in [-0.3, -0.25) is 4.79 Å². The monoisotopic (exact) mass is 529 g/mol. The van der Waals surface area contributed by atoms with Gasteiger partial charge >= 0.3 is 0 Å². The lowest BCUT2D eigenvalue weighted by molar-refractivity contribution is 0.0877. The SMILES string of the molecule is CC[C@]1(C)c2ccccc2N(C)[C@]12C=C(c1ccccc1)C=C(c1ccc(Cl)cc1)[C@H]2C(=O)c1ccccc1. The molecule has 0 unspecified atom stereocenters. The first-order valence-electron chi connectivity index (χ1n) is 13.6. The summed E-state index contributed by atoms with van der Waals surface area (Å²) in [7, 11) is 2.16. The maximum absolute atomic E-state index is 14.8. The predicted molar refractivity (Wildman–Crippen MR) is 163 cm³/mol. The van der Waals surface area contributed by atoms with E-state index in [9.17, 15) is 4.79 Å².